The molecule has 17 heavy (non-hydrogen) atoms. The van der Waals surface area contributed by atoms with Gasteiger partial charge in [0.2, 0.25) is 0 Å². The number of aldehydes is 1. The van der Waals surface area contributed by atoms with Crippen LogP contribution in [0.2, 0.25) is 0 Å². The number of phenolic OH excluding ortho intramolecular Hbond substituents is 3. The highest BCUT2D eigenvalue weighted by atomic mass is 16.3. The summed E-state index contributed by atoms with van der Waals surface area (Å²) in [5, 5.41) is 28.2. The molecule has 0 atom stereocenters. The van der Waals surface area contributed by atoms with Crippen molar-refractivity contribution in [3.63, 3.8) is 0 Å². The molecule has 0 bridgehead atoms. The summed E-state index contributed by atoms with van der Waals surface area (Å²) in [4.78, 5) is 10.7. The second kappa shape index (κ2) is 4.17. The minimum atomic E-state index is -0.109. The highest BCUT2D eigenvalue weighted by Gasteiger charge is 2.08. The van der Waals surface area contributed by atoms with Crippen LogP contribution < -0.4 is 0 Å². The summed E-state index contributed by atoms with van der Waals surface area (Å²) >= 11 is 0. The first-order valence-corrected chi connectivity index (χ1v) is 4.92. The summed E-state index contributed by atoms with van der Waals surface area (Å²) in [6.07, 6.45) is 0.538. The van der Waals surface area contributed by atoms with Crippen LogP contribution in [0.5, 0.6) is 17.2 Å². The average molecular weight is 230 g/mol. The second-order valence-corrected chi connectivity index (χ2v) is 3.59. The molecule has 2 aromatic carbocycles. The minimum Gasteiger partial charge on any atom is -0.508 e. The fourth-order valence-corrected chi connectivity index (χ4v) is 1.58. The third kappa shape index (κ3) is 2.06. The number of benzene rings is 2. The first-order chi connectivity index (χ1) is 8.11. The van der Waals surface area contributed by atoms with Crippen molar-refractivity contribution in [2.75, 3.05) is 0 Å². The van der Waals surface area contributed by atoms with Gasteiger partial charge in [-0.25, -0.2) is 0 Å². The lowest BCUT2D eigenvalue weighted by molar-refractivity contribution is 0.112. The van der Waals surface area contributed by atoms with Crippen molar-refractivity contribution >= 4 is 6.29 Å². The van der Waals surface area contributed by atoms with Crippen molar-refractivity contribution in [2.24, 2.45) is 0 Å². The zero-order valence-corrected chi connectivity index (χ0v) is 8.79. The van der Waals surface area contributed by atoms with E-state index < -0.39 is 0 Å². The van der Waals surface area contributed by atoms with Crippen molar-refractivity contribution in [3.8, 4) is 28.4 Å². The van der Waals surface area contributed by atoms with Crippen molar-refractivity contribution in [1.29, 1.82) is 0 Å². The van der Waals surface area contributed by atoms with E-state index in [-0.39, 0.29) is 22.8 Å². The Bertz CT molecular complexity index is 576. The highest BCUT2D eigenvalue weighted by Crippen LogP contribution is 2.33. The predicted octanol–water partition coefficient (Wildman–Crippen LogP) is 2.28. The van der Waals surface area contributed by atoms with Gasteiger partial charge in [0.05, 0.1) is 5.56 Å². The van der Waals surface area contributed by atoms with E-state index in [9.17, 15) is 20.1 Å². The standard InChI is InChI=1S/C13H10O4/c14-7-9-5-8(1-4-12(9)16)11-3-2-10(15)6-13(11)17/h1-7,15-17H. The van der Waals surface area contributed by atoms with Crippen LogP contribution in [-0.2, 0) is 0 Å². The maximum atomic E-state index is 10.7. The Hall–Kier alpha value is -2.49. The van der Waals surface area contributed by atoms with Crippen LogP contribution in [-0.4, -0.2) is 21.6 Å². The van der Waals surface area contributed by atoms with Crippen molar-refractivity contribution in [2.45, 2.75) is 0 Å². The number of aromatic hydroxyl groups is 3. The molecule has 0 aliphatic heterocycles. The third-order valence-electron chi connectivity index (χ3n) is 2.45. The Morgan fingerprint density at radius 3 is 2.29 bits per heavy atom. The lowest BCUT2D eigenvalue weighted by atomic mass is 10.0. The Morgan fingerprint density at radius 1 is 0.882 bits per heavy atom. The summed E-state index contributed by atoms with van der Waals surface area (Å²) in [5.41, 5.74) is 1.21. The van der Waals surface area contributed by atoms with E-state index in [1.807, 2.05) is 0 Å². The van der Waals surface area contributed by atoms with Crippen molar-refractivity contribution < 1.29 is 20.1 Å². The van der Waals surface area contributed by atoms with E-state index in [0.717, 1.165) is 0 Å². The molecule has 4 heteroatoms. The Kier molecular flexibility index (Phi) is 2.70. The molecule has 0 heterocycles. The third-order valence-corrected chi connectivity index (χ3v) is 2.45. The second-order valence-electron chi connectivity index (χ2n) is 3.59. The molecule has 2 aromatic rings. The van der Waals surface area contributed by atoms with E-state index in [1.54, 1.807) is 6.07 Å². The van der Waals surface area contributed by atoms with Gasteiger partial charge in [0.25, 0.3) is 0 Å². The average Bonchev–Trinajstić information content (AvgIpc) is 2.30. The molecule has 0 aliphatic carbocycles. The van der Waals surface area contributed by atoms with Crippen molar-refractivity contribution in [1.82, 2.24) is 0 Å². The molecule has 2 rings (SSSR count). The van der Waals surface area contributed by atoms with E-state index in [2.05, 4.69) is 0 Å². The zero-order valence-electron chi connectivity index (χ0n) is 8.79. The summed E-state index contributed by atoms with van der Waals surface area (Å²) < 4.78 is 0. The van der Waals surface area contributed by atoms with Crippen LogP contribution in [0, 0.1) is 0 Å². The lowest BCUT2D eigenvalue weighted by Crippen LogP contribution is -1.85. The van der Waals surface area contributed by atoms with Crippen LogP contribution in [0.1, 0.15) is 10.4 Å². The predicted molar refractivity (Wildman–Crippen MR) is 62.3 cm³/mol. The molecule has 3 N–H and O–H groups in total. The normalized spacial score (nSPS) is 10.1. The molecule has 0 aromatic heterocycles. The van der Waals surface area contributed by atoms with Crippen molar-refractivity contribution in [3.05, 3.63) is 42.0 Å². The zero-order chi connectivity index (χ0) is 12.4. The Labute approximate surface area is 97.4 Å². The molecule has 0 fully saturated rings. The van der Waals surface area contributed by atoms with E-state index in [0.29, 0.717) is 17.4 Å². The van der Waals surface area contributed by atoms with Crippen LogP contribution in [0.4, 0.5) is 0 Å². The summed E-state index contributed by atoms with van der Waals surface area (Å²) in [7, 11) is 0. The van der Waals surface area contributed by atoms with Gasteiger partial charge in [-0.2, -0.15) is 0 Å². The van der Waals surface area contributed by atoms with Gasteiger partial charge >= 0.3 is 0 Å². The molecule has 0 unspecified atom stereocenters. The topological polar surface area (TPSA) is 77.8 Å². The number of phenols is 3. The van der Waals surface area contributed by atoms with Crippen LogP contribution in [0.25, 0.3) is 11.1 Å². The summed E-state index contributed by atoms with van der Waals surface area (Å²) in [6.45, 7) is 0. The first-order valence-electron chi connectivity index (χ1n) is 4.92. The maximum Gasteiger partial charge on any atom is 0.153 e. The van der Waals surface area contributed by atoms with Crippen LogP contribution in [0.15, 0.2) is 36.4 Å². The van der Waals surface area contributed by atoms with Gasteiger partial charge in [-0.15, -0.1) is 0 Å². The van der Waals surface area contributed by atoms with E-state index in [1.165, 1.54) is 30.3 Å². The monoisotopic (exact) mass is 230 g/mol. The molecule has 86 valence electrons. The minimum absolute atomic E-state index is 0.0411. The lowest BCUT2D eigenvalue weighted by Gasteiger charge is -2.06. The van der Waals surface area contributed by atoms with Crippen LogP contribution >= 0.6 is 0 Å². The maximum absolute atomic E-state index is 10.7. The SMILES string of the molecule is O=Cc1cc(-c2ccc(O)cc2O)ccc1O. The van der Waals surface area contributed by atoms with Gasteiger partial charge in [0.15, 0.2) is 6.29 Å². The molecule has 0 radical (unpaired) electrons. The van der Waals surface area contributed by atoms with E-state index >= 15 is 0 Å². The number of hydrogen-bond donors (Lipinski definition) is 3. The van der Waals surface area contributed by atoms with Gasteiger partial charge in [-0.05, 0) is 29.8 Å². The molecule has 0 aliphatic rings. The smallest absolute Gasteiger partial charge is 0.153 e. The number of rotatable bonds is 2. The summed E-state index contributed by atoms with van der Waals surface area (Å²) in [6, 6.07) is 8.60. The molecular formula is C13H10O4. The Balaban J connectivity index is 2.56. The summed E-state index contributed by atoms with van der Waals surface area (Å²) in [5.74, 6) is -0.241. The molecule has 0 spiro atoms. The molecular weight excluding hydrogens is 220 g/mol. The van der Waals surface area contributed by atoms with Gasteiger partial charge < -0.3 is 15.3 Å². The fourth-order valence-electron chi connectivity index (χ4n) is 1.58. The van der Waals surface area contributed by atoms with Gasteiger partial charge in [-0.3, -0.25) is 4.79 Å². The molecule has 0 amide bonds. The van der Waals surface area contributed by atoms with Gasteiger partial charge in [0.1, 0.15) is 17.2 Å². The first kappa shape index (κ1) is 11.0. The van der Waals surface area contributed by atoms with Gasteiger partial charge in [0, 0.05) is 11.6 Å². The molecule has 0 saturated heterocycles. The van der Waals surface area contributed by atoms with E-state index in [4.69, 9.17) is 0 Å². The number of hydrogen-bond acceptors (Lipinski definition) is 4. The fraction of sp³-hybridized carbons (Fsp3) is 0. The molecule has 0 saturated carbocycles. The quantitative estimate of drug-likeness (QED) is 0.691. The number of carbonyl (C=O) groups excluding carboxylic acids is 1. The van der Waals surface area contributed by atoms with Crippen LogP contribution in [0.3, 0.4) is 0 Å². The Morgan fingerprint density at radius 2 is 1.65 bits per heavy atom. The molecule has 4 nitrogen and oxygen atoms in total. The van der Waals surface area contributed by atoms with Gasteiger partial charge in [-0.1, -0.05) is 6.07 Å². The largest absolute Gasteiger partial charge is 0.508 e. The number of carbonyl (C=O) groups is 1. The highest BCUT2D eigenvalue weighted by molar-refractivity contribution is 5.83.